The topological polar surface area (TPSA) is 41.6 Å². The molecular weight excluding hydrogens is 168 g/mol. The molecule has 1 unspecified atom stereocenters. The number of rotatable bonds is 2. The zero-order valence-electron chi connectivity index (χ0n) is 8.38. The third-order valence-corrected chi connectivity index (χ3v) is 2.31. The van der Waals surface area contributed by atoms with Gasteiger partial charge in [-0.3, -0.25) is 5.43 Å². The number of carbonyl (C=O) groups is 1. The van der Waals surface area contributed by atoms with Crippen LogP contribution in [-0.4, -0.2) is 30.3 Å². The Labute approximate surface area is 79.2 Å². The maximum absolute atomic E-state index is 11.1. The SMILES string of the molecule is CCOC(=O)NN1CCCCC1C. The predicted octanol–water partition coefficient (Wildman–Crippen LogP) is 1.52. The molecule has 4 heteroatoms. The fraction of sp³-hybridized carbons (Fsp3) is 0.889. The molecule has 4 nitrogen and oxygen atoms in total. The van der Waals surface area contributed by atoms with Crippen molar-refractivity contribution in [2.45, 2.75) is 39.2 Å². The molecule has 1 fully saturated rings. The van der Waals surface area contributed by atoms with Crippen molar-refractivity contribution >= 4 is 6.09 Å². The number of nitrogens with zero attached hydrogens (tertiary/aromatic N) is 1. The molecule has 1 amide bonds. The molecule has 1 heterocycles. The van der Waals surface area contributed by atoms with Crippen molar-refractivity contribution in [3.8, 4) is 0 Å². The summed E-state index contributed by atoms with van der Waals surface area (Å²) in [6.07, 6.45) is 3.21. The van der Waals surface area contributed by atoms with Gasteiger partial charge >= 0.3 is 6.09 Å². The summed E-state index contributed by atoms with van der Waals surface area (Å²) in [6, 6.07) is 0.429. The first-order valence-corrected chi connectivity index (χ1v) is 4.94. The lowest BCUT2D eigenvalue weighted by Gasteiger charge is -2.32. The Morgan fingerprint density at radius 2 is 2.38 bits per heavy atom. The molecule has 0 aromatic heterocycles. The molecule has 0 aliphatic carbocycles. The van der Waals surface area contributed by atoms with Gasteiger partial charge in [-0.1, -0.05) is 6.42 Å². The first-order valence-electron chi connectivity index (χ1n) is 4.94. The Bertz CT molecular complexity index is 173. The van der Waals surface area contributed by atoms with Crippen LogP contribution in [0.1, 0.15) is 33.1 Å². The Kier molecular flexibility index (Phi) is 4.02. The van der Waals surface area contributed by atoms with E-state index < -0.39 is 0 Å². The standard InChI is InChI=1S/C9H18N2O2/c1-3-13-9(12)10-11-7-5-4-6-8(11)2/h8H,3-7H2,1-2H3,(H,10,12). The molecule has 0 bridgehead atoms. The Morgan fingerprint density at radius 1 is 1.62 bits per heavy atom. The molecule has 13 heavy (non-hydrogen) atoms. The molecule has 0 aromatic carbocycles. The molecule has 1 rings (SSSR count). The molecule has 0 radical (unpaired) electrons. The first-order chi connectivity index (χ1) is 6.24. The second kappa shape index (κ2) is 5.07. The van der Waals surface area contributed by atoms with E-state index in [1.807, 2.05) is 5.01 Å². The number of nitrogens with one attached hydrogen (secondary N) is 1. The molecule has 76 valence electrons. The van der Waals surface area contributed by atoms with Crippen LogP contribution in [0.15, 0.2) is 0 Å². The van der Waals surface area contributed by atoms with Gasteiger partial charge in [-0.15, -0.1) is 0 Å². The number of piperidine rings is 1. The molecule has 0 saturated carbocycles. The largest absolute Gasteiger partial charge is 0.449 e. The Morgan fingerprint density at radius 3 is 3.00 bits per heavy atom. The van der Waals surface area contributed by atoms with Gasteiger partial charge in [-0.25, -0.2) is 9.80 Å². The van der Waals surface area contributed by atoms with Crippen LogP contribution in [0.5, 0.6) is 0 Å². The Balaban J connectivity index is 2.29. The van der Waals surface area contributed by atoms with Crippen LogP contribution in [0.25, 0.3) is 0 Å². The summed E-state index contributed by atoms with van der Waals surface area (Å²) in [7, 11) is 0. The average molecular weight is 186 g/mol. The highest BCUT2D eigenvalue weighted by Gasteiger charge is 2.19. The lowest BCUT2D eigenvalue weighted by Crippen LogP contribution is -2.49. The summed E-state index contributed by atoms with van der Waals surface area (Å²) in [5.41, 5.74) is 2.74. The van der Waals surface area contributed by atoms with E-state index in [4.69, 9.17) is 4.74 Å². The molecule has 0 spiro atoms. The maximum atomic E-state index is 11.1. The first kappa shape index (κ1) is 10.3. The van der Waals surface area contributed by atoms with Gasteiger partial charge in [-0.2, -0.15) is 0 Å². The maximum Gasteiger partial charge on any atom is 0.421 e. The molecule has 1 atom stereocenters. The lowest BCUT2D eigenvalue weighted by molar-refractivity contribution is 0.0713. The molecular formula is C9H18N2O2. The van der Waals surface area contributed by atoms with Gasteiger partial charge < -0.3 is 4.74 Å². The quantitative estimate of drug-likeness (QED) is 0.711. The van der Waals surface area contributed by atoms with Gasteiger partial charge in [0.1, 0.15) is 0 Å². The minimum Gasteiger partial charge on any atom is -0.449 e. The van der Waals surface area contributed by atoms with E-state index >= 15 is 0 Å². The predicted molar refractivity (Wildman–Crippen MR) is 50.2 cm³/mol. The number of ether oxygens (including phenoxy) is 1. The van der Waals surface area contributed by atoms with Crippen molar-refractivity contribution in [1.29, 1.82) is 0 Å². The van der Waals surface area contributed by atoms with Crippen LogP contribution in [0.2, 0.25) is 0 Å². The smallest absolute Gasteiger partial charge is 0.421 e. The minimum absolute atomic E-state index is 0.337. The zero-order valence-corrected chi connectivity index (χ0v) is 8.38. The van der Waals surface area contributed by atoms with Gasteiger partial charge in [0.25, 0.3) is 0 Å². The van der Waals surface area contributed by atoms with E-state index in [-0.39, 0.29) is 6.09 Å². The molecule has 1 N–H and O–H groups in total. The number of hydrogen-bond donors (Lipinski definition) is 1. The van der Waals surface area contributed by atoms with Crippen molar-refractivity contribution in [3.63, 3.8) is 0 Å². The van der Waals surface area contributed by atoms with E-state index in [1.165, 1.54) is 6.42 Å². The van der Waals surface area contributed by atoms with Crippen LogP contribution >= 0.6 is 0 Å². The average Bonchev–Trinajstić information content (AvgIpc) is 2.09. The fourth-order valence-electron chi connectivity index (χ4n) is 1.54. The minimum atomic E-state index is -0.337. The van der Waals surface area contributed by atoms with Gasteiger partial charge in [0.05, 0.1) is 6.61 Å². The van der Waals surface area contributed by atoms with Gasteiger partial charge in [0.15, 0.2) is 0 Å². The molecule has 1 saturated heterocycles. The highest BCUT2D eigenvalue weighted by Crippen LogP contribution is 2.13. The Hall–Kier alpha value is -0.770. The van der Waals surface area contributed by atoms with Crippen molar-refractivity contribution in [1.82, 2.24) is 10.4 Å². The lowest BCUT2D eigenvalue weighted by atomic mass is 10.1. The van der Waals surface area contributed by atoms with Gasteiger partial charge in [0.2, 0.25) is 0 Å². The van der Waals surface area contributed by atoms with Gasteiger partial charge in [0, 0.05) is 12.6 Å². The molecule has 1 aliphatic heterocycles. The van der Waals surface area contributed by atoms with E-state index in [0.717, 1.165) is 19.4 Å². The van der Waals surface area contributed by atoms with Crippen LogP contribution in [0.4, 0.5) is 4.79 Å². The summed E-state index contributed by atoms with van der Waals surface area (Å²) in [6.45, 7) is 5.28. The number of hydrogen-bond acceptors (Lipinski definition) is 3. The highest BCUT2D eigenvalue weighted by molar-refractivity contribution is 5.66. The van der Waals surface area contributed by atoms with E-state index in [1.54, 1.807) is 6.92 Å². The third kappa shape index (κ3) is 3.22. The summed E-state index contributed by atoms with van der Waals surface area (Å²) < 4.78 is 4.80. The second-order valence-corrected chi connectivity index (χ2v) is 3.37. The van der Waals surface area contributed by atoms with Crippen LogP contribution in [0, 0.1) is 0 Å². The van der Waals surface area contributed by atoms with Crippen LogP contribution in [-0.2, 0) is 4.74 Å². The summed E-state index contributed by atoms with van der Waals surface area (Å²) in [5.74, 6) is 0. The summed E-state index contributed by atoms with van der Waals surface area (Å²) in [5, 5.41) is 1.96. The van der Waals surface area contributed by atoms with Crippen LogP contribution in [0.3, 0.4) is 0 Å². The van der Waals surface area contributed by atoms with Crippen molar-refractivity contribution in [3.05, 3.63) is 0 Å². The zero-order chi connectivity index (χ0) is 9.68. The summed E-state index contributed by atoms with van der Waals surface area (Å²) in [4.78, 5) is 11.1. The van der Waals surface area contributed by atoms with Crippen LogP contribution < -0.4 is 5.43 Å². The van der Waals surface area contributed by atoms with E-state index in [2.05, 4.69) is 12.3 Å². The van der Waals surface area contributed by atoms with E-state index in [9.17, 15) is 4.79 Å². The number of amides is 1. The molecule has 0 aromatic rings. The molecule has 1 aliphatic rings. The third-order valence-electron chi connectivity index (χ3n) is 2.31. The van der Waals surface area contributed by atoms with Crippen molar-refractivity contribution in [2.75, 3.05) is 13.2 Å². The monoisotopic (exact) mass is 186 g/mol. The second-order valence-electron chi connectivity index (χ2n) is 3.37. The fourth-order valence-corrected chi connectivity index (χ4v) is 1.54. The van der Waals surface area contributed by atoms with E-state index in [0.29, 0.717) is 12.6 Å². The van der Waals surface area contributed by atoms with Crippen molar-refractivity contribution < 1.29 is 9.53 Å². The van der Waals surface area contributed by atoms with Gasteiger partial charge in [-0.05, 0) is 26.7 Å². The summed E-state index contributed by atoms with van der Waals surface area (Å²) >= 11 is 0. The number of carbonyl (C=O) groups excluding carboxylic acids is 1. The normalized spacial score (nSPS) is 24.0. The number of hydrazine groups is 1. The van der Waals surface area contributed by atoms with Crippen molar-refractivity contribution in [2.24, 2.45) is 0 Å². The highest BCUT2D eigenvalue weighted by atomic mass is 16.6.